The smallest absolute Gasteiger partial charge is 0.137 e. The first kappa shape index (κ1) is 15.8. The molecule has 0 unspecified atom stereocenters. The van der Waals surface area contributed by atoms with Gasteiger partial charge in [0.05, 0.1) is 0 Å². The van der Waals surface area contributed by atoms with Gasteiger partial charge in [0.1, 0.15) is 17.5 Å². The number of aromatic nitrogens is 2. The number of halogens is 1. The van der Waals surface area contributed by atoms with E-state index in [9.17, 15) is 0 Å². The van der Waals surface area contributed by atoms with Gasteiger partial charge in [-0.15, -0.1) is 0 Å². The highest BCUT2D eigenvalue weighted by Crippen LogP contribution is 2.25. The Balaban J connectivity index is 2.34. The second-order valence-electron chi connectivity index (χ2n) is 4.99. The van der Waals surface area contributed by atoms with E-state index in [1.165, 1.54) is 5.56 Å². The van der Waals surface area contributed by atoms with Crippen LogP contribution in [0.15, 0.2) is 28.7 Å². The van der Waals surface area contributed by atoms with Crippen LogP contribution in [0.5, 0.6) is 0 Å². The molecule has 0 radical (unpaired) electrons. The molecule has 21 heavy (non-hydrogen) atoms. The molecule has 0 saturated carbocycles. The Hall–Kier alpha value is -1.62. The summed E-state index contributed by atoms with van der Waals surface area (Å²) in [4.78, 5) is 11.4. The van der Waals surface area contributed by atoms with Crippen LogP contribution in [0.25, 0.3) is 0 Å². The monoisotopic (exact) mass is 348 g/mol. The maximum atomic E-state index is 4.68. The van der Waals surface area contributed by atoms with Gasteiger partial charge in [-0.05, 0) is 18.6 Å². The third-order valence-corrected chi connectivity index (χ3v) is 4.22. The zero-order valence-electron chi connectivity index (χ0n) is 12.9. The van der Waals surface area contributed by atoms with E-state index >= 15 is 0 Å². The van der Waals surface area contributed by atoms with Crippen LogP contribution in [0, 0.1) is 6.92 Å². The van der Waals surface area contributed by atoms with E-state index in [0.717, 1.165) is 40.5 Å². The topological polar surface area (TPSA) is 41.1 Å². The lowest BCUT2D eigenvalue weighted by Gasteiger charge is -2.22. The summed E-state index contributed by atoms with van der Waals surface area (Å²) in [6.07, 6.45) is 0.824. The minimum Gasteiger partial charge on any atom is -0.373 e. The fourth-order valence-electron chi connectivity index (χ4n) is 2.28. The van der Waals surface area contributed by atoms with Crippen LogP contribution in [-0.4, -0.2) is 24.1 Å². The van der Waals surface area contributed by atoms with Gasteiger partial charge in [-0.1, -0.05) is 41.1 Å². The predicted molar refractivity (Wildman–Crippen MR) is 91.9 cm³/mol. The van der Waals surface area contributed by atoms with Crippen molar-refractivity contribution in [2.75, 3.05) is 24.3 Å². The minimum atomic E-state index is 0.797. The van der Waals surface area contributed by atoms with Crippen LogP contribution in [0.4, 0.5) is 11.6 Å². The summed E-state index contributed by atoms with van der Waals surface area (Å²) >= 11 is 3.60. The molecule has 0 amide bonds. The minimum absolute atomic E-state index is 0.797. The van der Waals surface area contributed by atoms with E-state index in [1.807, 2.05) is 13.1 Å². The van der Waals surface area contributed by atoms with Gasteiger partial charge in [0.2, 0.25) is 0 Å². The molecule has 1 aromatic heterocycles. The van der Waals surface area contributed by atoms with Gasteiger partial charge in [0.25, 0.3) is 0 Å². The molecule has 0 aliphatic rings. The van der Waals surface area contributed by atoms with Gasteiger partial charge in [0, 0.05) is 37.1 Å². The van der Waals surface area contributed by atoms with Crippen LogP contribution in [0.2, 0.25) is 0 Å². The number of hydrogen-bond donors (Lipinski definition) is 1. The van der Waals surface area contributed by atoms with Gasteiger partial charge >= 0.3 is 0 Å². The SMILES string of the molecule is CCc1nc(NC)c(C)c(N(C)Cc2ccccc2Br)n1. The summed E-state index contributed by atoms with van der Waals surface area (Å²) in [6, 6.07) is 8.26. The van der Waals surface area contributed by atoms with Crippen LogP contribution >= 0.6 is 15.9 Å². The number of hydrogen-bond acceptors (Lipinski definition) is 4. The lowest BCUT2D eigenvalue weighted by molar-refractivity contribution is 0.848. The Morgan fingerprint density at radius 3 is 2.57 bits per heavy atom. The molecule has 1 heterocycles. The molecule has 4 nitrogen and oxygen atoms in total. The molecule has 0 fully saturated rings. The molecule has 2 aromatic rings. The molecular weight excluding hydrogens is 328 g/mol. The van der Waals surface area contributed by atoms with Crippen molar-refractivity contribution in [1.29, 1.82) is 0 Å². The first-order chi connectivity index (χ1) is 10.1. The number of nitrogens with one attached hydrogen (secondary N) is 1. The van der Waals surface area contributed by atoms with Crippen LogP contribution in [0.3, 0.4) is 0 Å². The van der Waals surface area contributed by atoms with Crippen molar-refractivity contribution in [2.45, 2.75) is 26.8 Å². The molecule has 0 aliphatic carbocycles. The standard InChI is InChI=1S/C16H21BrN4/c1-5-14-19-15(18-3)11(2)16(20-14)21(4)10-12-8-6-7-9-13(12)17/h6-9H,5,10H2,1-4H3,(H,18,19,20). The second kappa shape index (κ2) is 6.89. The van der Waals surface area contributed by atoms with Gasteiger partial charge in [-0.2, -0.15) is 0 Å². The lowest BCUT2D eigenvalue weighted by Crippen LogP contribution is -2.21. The fraction of sp³-hybridized carbons (Fsp3) is 0.375. The number of rotatable bonds is 5. The van der Waals surface area contributed by atoms with Gasteiger partial charge in [-0.3, -0.25) is 0 Å². The van der Waals surface area contributed by atoms with Crippen molar-refractivity contribution >= 4 is 27.6 Å². The highest BCUT2D eigenvalue weighted by molar-refractivity contribution is 9.10. The maximum Gasteiger partial charge on any atom is 0.137 e. The molecular formula is C16H21BrN4. The summed E-state index contributed by atoms with van der Waals surface area (Å²) in [5, 5.41) is 3.15. The molecule has 0 bridgehead atoms. The lowest BCUT2D eigenvalue weighted by atomic mass is 10.2. The number of aryl methyl sites for hydroxylation is 1. The molecule has 0 atom stereocenters. The number of anilines is 2. The van der Waals surface area contributed by atoms with Crippen molar-refractivity contribution in [3.8, 4) is 0 Å². The fourth-order valence-corrected chi connectivity index (χ4v) is 2.69. The van der Waals surface area contributed by atoms with E-state index in [2.05, 4.69) is 75.2 Å². The zero-order chi connectivity index (χ0) is 15.4. The summed E-state index contributed by atoms with van der Waals surface area (Å²) in [5.74, 6) is 2.73. The molecule has 1 aromatic carbocycles. The summed E-state index contributed by atoms with van der Waals surface area (Å²) in [7, 11) is 3.96. The largest absolute Gasteiger partial charge is 0.373 e. The normalized spacial score (nSPS) is 10.5. The molecule has 0 spiro atoms. The van der Waals surface area contributed by atoms with Crippen molar-refractivity contribution in [3.63, 3.8) is 0 Å². The Bertz CT molecular complexity index is 628. The second-order valence-corrected chi connectivity index (χ2v) is 5.84. The molecule has 112 valence electrons. The quantitative estimate of drug-likeness (QED) is 0.892. The Kier molecular flexibility index (Phi) is 5.17. The van der Waals surface area contributed by atoms with Crippen molar-refractivity contribution in [3.05, 3.63) is 45.7 Å². The van der Waals surface area contributed by atoms with Crippen molar-refractivity contribution < 1.29 is 0 Å². The van der Waals surface area contributed by atoms with E-state index in [0.29, 0.717) is 0 Å². The van der Waals surface area contributed by atoms with Gasteiger partial charge < -0.3 is 10.2 Å². The summed E-state index contributed by atoms with van der Waals surface area (Å²) in [6.45, 7) is 4.92. The maximum absolute atomic E-state index is 4.68. The highest BCUT2D eigenvalue weighted by Gasteiger charge is 2.14. The molecule has 1 N–H and O–H groups in total. The third-order valence-electron chi connectivity index (χ3n) is 3.45. The first-order valence-electron chi connectivity index (χ1n) is 7.06. The van der Waals surface area contributed by atoms with Crippen LogP contribution in [-0.2, 0) is 13.0 Å². The van der Waals surface area contributed by atoms with Crippen molar-refractivity contribution in [2.24, 2.45) is 0 Å². The molecule has 0 saturated heterocycles. The highest BCUT2D eigenvalue weighted by atomic mass is 79.9. The molecule has 2 rings (SSSR count). The van der Waals surface area contributed by atoms with E-state index in [1.54, 1.807) is 0 Å². The van der Waals surface area contributed by atoms with Crippen LogP contribution < -0.4 is 10.2 Å². The Morgan fingerprint density at radius 2 is 1.95 bits per heavy atom. The Labute approximate surface area is 134 Å². The Morgan fingerprint density at radius 1 is 1.24 bits per heavy atom. The summed E-state index contributed by atoms with van der Waals surface area (Å²) < 4.78 is 1.12. The molecule has 5 heteroatoms. The van der Waals surface area contributed by atoms with E-state index in [4.69, 9.17) is 0 Å². The predicted octanol–water partition coefficient (Wildman–Crippen LogP) is 3.79. The first-order valence-corrected chi connectivity index (χ1v) is 7.86. The van der Waals surface area contributed by atoms with E-state index < -0.39 is 0 Å². The zero-order valence-corrected chi connectivity index (χ0v) is 14.5. The molecule has 0 aliphatic heterocycles. The number of benzene rings is 1. The number of nitrogens with zero attached hydrogens (tertiary/aromatic N) is 3. The van der Waals surface area contributed by atoms with E-state index in [-0.39, 0.29) is 0 Å². The third kappa shape index (κ3) is 3.53. The van der Waals surface area contributed by atoms with Gasteiger partial charge in [0.15, 0.2) is 0 Å². The van der Waals surface area contributed by atoms with Crippen LogP contribution in [0.1, 0.15) is 23.9 Å². The average molecular weight is 349 g/mol. The summed E-state index contributed by atoms with van der Waals surface area (Å²) in [5.41, 5.74) is 2.31. The van der Waals surface area contributed by atoms with Crippen molar-refractivity contribution in [1.82, 2.24) is 9.97 Å². The van der Waals surface area contributed by atoms with Gasteiger partial charge in [-0.25, -0.2) is 9.97 Å². The average Bonchev–Trinajstić information content (AvgIpc) is 2.49.